The van der Waals surface area contributed by atoms with E-state index in [4.69, 9.17) is 0 Å². The van der Waals surface area contributed by atoms with Gasteiger partial charge in [0.05, 0.1) is 5.92 Å². The first-order valence-corrected chi connectivity index (χ1v) is 8.24. The first-order chi connectivity index (χ1) is 10.5. The third-order valence-electron chi connectivity index (χ3n) is 3.97. The summed E-state index contributed by atoms with van der Waals surface area (Å²) in [5.74, 6) is -1.32. The van der Waals surface area contributed by atoms with Gasteiger partial charge in [-0.1, -0.05) is 56.9 Å². The van der Waals surface area contributed by atoms with Crippen molar-refractivity contribution in [2.75, 3.05) is 19.6 Å². The molecule has 0 spiro atoms. The first-order valence-electron chi connectivity index (χ1n) is 8.24. The van der Waals surface area contributed by atoms with Gasteiger partial charge in [0.25, 0.3) is 0 Å². The molecule has 1 aliphatic rings. The van der Waals surface area contributed by atoms with E-state index in [0.717, 1.165) is 25.1 Å². The molecule has 0 saturated heterocycles. The van der Waals surface area contributed by atoms with E-state index in [1.165, 1.54) is 31.8 Å². The van der Waals surface area contributed by atoms with Gasteiger partial charge in [-0.05, 0) is 25.0 Å². The fourth-order valence-corrected chi connectivity index (χ4v) is 2.64. The van der Waals surface area contributed by atoms with Crippen molar-refractivity contribution in [1.82, 2.24) is 4.90 Å². The third-order valence-corrected chi connectivity index (χ3v) is 3.97. The zero-order valence-electron chi connectivity index (χ0n) is 13.5. The maximum Gasteiger partial charge on any atom is 0.395 e. The van der Waals surface area contributed by atoms with Crippen LogP contribution < -0.4 is 0 Å². The molecule has 22 heavy (non-hydrogen) atoms. The molecule has 0 aromatic rings. The highest BCUT2D eigenvalue weighted by atomic mass is 19.4. The lowest BCUT2D eigenvalue weighted by Crippen LogP contribution is -2.28. The number of nitrogens with zero attached hydrogens (tertiary/aromatic N) is 1. The van der Waals surface area contributed by atoms with E-state index in [0.29, 0.717) is 6.54 Å². The molecule has 1 unspecified atom stereocenters. The van der Waals surface area contributed by atoms with Crippen LogP contribution in [0.4, 0.5) is 13.2 Å². The minimum absolute atomic E-state index is 0.0633. The Morgan fingerprint density at radius 1 is 1.27 bits per heavy atom. The summed E-state index contributed by atoms with van der Waals surface area (Å²) in [6.07, 6.45) is 8.56. The molecule has 1 nitrogen and oxygen atoms in total. The molecule has 0 heterocycles. The Kier molecular flexibility index (Phi) is 8.54. The summed E-state index contributed by atoms with van der Waals surface area (Å²) >= 11 is 0. The predicted molar refractivity (Wildman–Crippen MR) is 86.8 cm³/mol. The summed E-state index contributed by atoms with van der Waals surface area (Å²) < 4.78 is 37.8. The fourth-order valence-electron chi connectivity index (χ4n) is 2.64. The molecule has 4 heteroatoms. The molecule has 0 aliphatic heterocycles. The Balaban J connectivity index is 2.39. The van der Waals surface area contributed by atoms with Crippen molar-refractivity contribution in [1.29, 1.82) is 0 Å². The summed E-state index contributed by atoms with van der Waals surface area (Å²) in [7, 11) is 0. The van der Waals surface area contributed by atoms with E-state index in [-0.39, 0.29) is 6.42 Å². The van der Waals surface area contributed by atoms with Crippen molar-refractivity contribution in [3.8, 4) is 0 Å². The first kappa shape index (κ1) is 19.0. The molecule has 0 fully saturated rings. The van der Waals surface area contributed by atoms with Gasteiger partial charge >= 0.3 is 6.18 Å². The second-order valence-electron chi connectivity index (χ2n) is 5.96. The van der Waals surface area contributed by atoms with Gasteiger partial charge in [0, 0.05) is 13.1 Å². The smallest absolute Gasteiger partial charge is 0.295 e. The van der Waals surface area contributed by atoms with E-state index in [1.807, 2.05) is 6.08 Å². The zero-order valence-corrected chi connectivity index (χ0v) is 13.5. The van der Waals surface area contributed by atoms with Crippen LogP contribution in [0.15, 0.2) is 36.5 Å². The van der Waals surface area contributed by atoms with Crippen molar-refractivity contribution in [2.24, 2.45) is 5.92 Å². The average molecular weight is 315 g/mol. The number of allylic oxidation sites excluding steroid dienone is 2. The number of alkyl halides is 3. The molecule has 0 N–H and O–H groups in total. The Morgan fingerprint density at radius 2 is 2.00 bits per heavy atom. The quantitative estimate of drug-likeness (QED) is 0.379. The van der Waals surface area contributed by atoms with Crippen LogP contribution in [-0.2, 0) is 0 Å². The van der Waals surface area contributed by atoms with Gasteiger partial charge in [-0.25, -0.2) is 0 Å². The maximum atomic E-state index is 12.6. The molecule has 1 atom stereocenters. The van der Waals surface area contributed by atoms with E-state index in [9.17, 15) is 13.2 Å². The lowest BCUT2D eigenvalue weighted by Gasteiger charge is -2.24. The highest BCUT2D eigenvalue weighted by molar-refractivity contribution is 5.26. The highest BCUT2D eigenvalue weighted by Gasteiger charge is 2.37. The Labute approximate surface area is 132 Å². The van der Waals surface area contributed by atoms with Gasteiger partial charge in [-0.3, -0.25) is 4.90 Å². The van der Waals surface area contributed by atoms with E-state index in [2.05, 4.69) is 18.4 Å². The molecular weight excluding hydrogens is 287 g/mol. The van der Waals surface area contributed by atoms with Gasteiger partial charge in [0.15, 0.2) is 0 Å². The standard InChI is InChI=1S/C18H28F3N/c1-3-5-6-7-8-14-22(13-4-2)15-16-9-11-17(12-10-16)18(19,20)21/h4,9-11,17H,2-3,5-8,12-15H2,1H3. The molecule has 0 bridgehead atoms. The molecule has 0 saturated carbocycles. The van der Waals surface area contributed by atoms with Crippen molar-refractivity contribution >= 4 is 0 Å². The Morgan fingerprint density at radius 3 is 2.55 bits per heavy atom. The van der Waals surface area contributed by atoms with Gasteiger partial charge in [-0.2, -0.15) is 13.2 Å². The van der Waals surface area contributed by atoms with E-state index >= 15 is 0 Å². The van der Waals surface area contributed by atoms with Crippen LogP contribution in [0.3, 0.4) is 0 Å². The van der Waals surface area contributed by atoms with Crippen LogP contribution in [0.25, 0.3) is 0 Å². The lowest BCUT2D eigenvalue weighted by molar-refractivity contribution is -0.160. The average Bonchev–Trinajstić information content (AvgIpc) is 2.47. The van der Waals surface area contributed by atoms with Gasteiger partial charge in [0.2, 0.25) is 0 Å². The van der Waals surface area contributed by atoms with Crippen molar-refractivity contribution in [3.05, 3.63) is 36.5 Å². The maximum absolute atomic E-state index is 12.6. The summed E-state index contributed by atoms with van der Waals surface area (Å²) in [6, 6.07) is 0. The molecule has 0 radical (unpaired) electrons. The number of unbranched alkanes of at least 4 members (excludes halogenated alkanes) is 4. The number of rotatable bonds is 10. The summed E-state index contributed by atoms with van der Waals surface area (Å²) in [4.78, 5) is 2.25. The molecule has 126 valence electrons. The second kappa shape index (κ2) is 9.88. The summed E-state index contributed by atoms with van der Waals surface area (Å²) in [5.41, 5.74) is 0.982. The fraction of sp³-hybridized carbons (Fsp3) is 0.667. The highest BCUT2D eigenvalue weighted by Crippen LogP contribution is 2.33. The van der Waals surface area contributed by atoms with Crippen molar-refractivity contribution in [3.63, 3.8) is 0 Å². The second-order valence-corrected chi connectivity index (χ2v) is 5.96. The Hall–Kier alpha value is -1.03. The molecule has 1 rings (SSSR count). The Bertz CT molecular complexity index is 382. The SMILES string of the molecule is C=CCN(CCCCCCC)CC1=CCC(C(F)(F)F)C=C1. The minimum atomic E-state index is -4.13. The number of hydrogen-bond acceptors (Lipinski definition) is 1. The van der Waals surface area contributed by atoms with Crippen LogP contribution in [0.2, 0.25) is 0 Å². The predicted octanol–water partition coefficient (Wildman–Crippen LogP) is 5.51. The van der Waals surface area contributed by atoms with Crippen molar-refractivity contribution in [2.45, 2.75) is 51.6 Å². The lowest BCUT2D eigenvalue weighted by atomic mass is 9.96. The van der Waals surface area contributed by atoms with E-state index < -0.39 is 12.1 Å². The van der Waals surface area contributed by atoms with Gasteiger partial charge < -0.3 is 0 Å². The third kappa shape index (κ3) is 7.30. The van der Waals surface area contributed by atoms with Gasteiger partial charge in [-0.15, -0.1) is 6.58 Å². The monoisotopic (exact) mass is 315 g/mol. The van der Waals surface area contributed by atoms with Crippen LogP contribution >= 0.6 is 0 Å². The molecule has 0 amide bonds. The van der Waals surface area contributed by atoms with Crippen molar-refractivity contribution < 1.29 is 13.2 Å². The number of hydrogen-bond donors (Lipinski definition) is 0. The normalized spacial score (nSPS) is 18.6. The van der Waals surface area contributed by atoms with Crippen LogP contribution in [0.5, 0.6) is 0 Å². The minimum Gasteiger partial charge on any atom is -0.295 e. The zero-order chi connectivity index (χ0) is 16.4. The largest absolute Gasteiger partial charge is 0.395 e. The van der Waals surface area contributed by atoms with Crippen LogP contribution in [0, 0.1) is 5.92 Å². The molecule has 0 aromatic carbocycles. The molecular formula is C18H28F3N. The summed E-state index contributed by atoms with van der Waals surface area (Å²) in [5, 5.41) is 0. The summed E-state index contributed by atoms with van der Waals surface area (Å²) in [6.45, 7) is 8.43. The topological polar surface area (TPSA) is 3.24 Å². The number of halogens is 3. The molecule has 1 aliphatic carbocycles. The van der Waals surface area contributed by atoms with Crippen LogP contribution in [-0.4, -0.2) is 30.7 Å². The molecule has 0 aromatic heterocycles. The van der Waals surface area contributed by atoms with E-state index in [1.54, 1.807) is 12.2 Å². The van der Waals surface area contributed by atoms with Crippen LogP contribution in [0.1, 0.15) is 45.4 Å². The van der Waals surface area contributed by atoms with Gasteiger partial charge in [0.1, 0.15) is 0 Å².